The third kappa shape index (κ3) is 12.3. The Labute approximate surface area is 113 Å². The first kappa shape index (κ1) is 17.9. The van der Waals surface area contributed by atoms with Gasteiger partial charge in [0.1, 0.15) is 0 Å². The monoisotopic (exact) mass is 280 g/mol. The van der Waals surface area contributed by atoms with Crippen LogP contribution in [0.3, 0.4) is 0 Å². The zero-order valence-electron chi connectivity index (χ0n) is 12.2. The third-order valence-electron chi connectivity index (χ3n) is 3.28. The smallest absolute Gasteiger partial charge is 0.265 e. The van der Waals surface area contributed by atoms with E-state index in [4.69, 9.17) is 4.55 Å². The van der Waals surface area contributed by atoms with Crippen LogP contribution in [-0.2, 0) is 10.1 Å². The molecule has 0 amide bonds. The van der Waals surface area contributed by atoms with Crippen LogP contribution in [0, 0.1) is 0 Å². The van der Waals surface area contributed by atoms with Gasteiger partial charge in [-0.15, -0.1) is 0 Å². The molecule has 0 saturated carbocycles. The van der Waals surface area contributed by atoms with E-state index in [1.54, 1.807) is 0 Å². The van der Waals surface area contributed by atoms with Gasteiger partial charge in [0.15, 0.2) is 0 Å². The summed E-state index contributed by atoms with van der Waals surface area (Å²) in [6.07, 6.45) is 8.22. The highest BCUT2D eigenvalue weighted by Gasteiger charge is 2.15. The normalized spacial score (nSPS) is 12.9. The minimum Gasteiger partial charge on any atom is -0.328 e. The van der Waals surface area contributed by atoms with E-state index >= 15 is 0 Å². The maximum absolute atomic E-state index is 10.6. The molecule has 110 valence electrons. The highest BCUT2D eigenvalue weighted by atomic mass is 32.2. The summed E-state index contributed by atoms with van der Waals surface area (Å²) in [5.74, 6) is -0.120. The SMILES string of the molecule is CCCCCCCC[N+](C)(C)CCCS(=O)(=O)O. The van der Waals surface area contributed by atoms with E-state index in [1.807, 2.05) is 0 Å². The molecular weight excluding hydrogens is 250 g/mol. The average Bonchev–Trinajstić information content (AvgIpc) is 2.21. The van der Waals surface area contributed by atoms with Crippen molar-refractivity contribution in [3.8, 4) is 0 Å². The van der Waals surface area contributed by atoms with Crippen molar-refractivity contribution in [1.29, 1.82) is 0 Å². The van der Waals surface area contributed by atoms with Gasteiger partial charge in [-0.1, -0.05) is 32.6 Å². The Balaban J connectivity index is 3.61. The first-order chi connectivity index (χ1) is 8.27. The maximum Gasteiger partial charge on any atom is 0.265 e. The van der Waals surface area contributed by atoms with Crippen molar-refractivity contribution in [2.24, 2.45) is 0 Å². The van der Waals surface area contributed by atoms with Crippen molar-refractivity contribution in [3.05, 3.63) is 0 Å². The summed E-state index contributed by atoms with van der Waals surface area (Å²) < 4.78 is 30.8. The Hall–Kier alpha value is -0.130. The van der Waals surface area contributed by atoms with E-state index in [1.165, 1.54) is 38.5 Å². The third-order valence-corrected chi connectivity index (χ3v) is 4.09. The van der Waals surface area contributed by atoms with Gasteiger partial charge in [0, 0.05) is 6.42 Å². The van der Waals surface area contributed by atoms with Gasteiger partial charge in [-0.3, -0.25) is 4.55 Å². The average molecular weight is 280 g/mol. The van der Waals surface area contributed by atoms with Crippen LogP contribution in [0.25, 0.3) is 0 Å². The summed E-state index contributed by atoms with van der Waals surface area (Å²) in [5, 5.41) is 0. The van der Waals surface area contributed by atoms with Crippen LogP contribution < -0.4 is 0 Å². The fourth-order valence-corrected chi connectivity index (χ4v) is 2.60. The molecule has 0 saturated heterocycles. The first-order valence-corrected chi connectivity index (χ1v) is 8.65. The summed E-state index contributed by atoms with van der Waals surface area (Å²) in [4.78, 5) is 0. The standard InChI is InChI=1S/C13H29NO3S/c1-4-5-6-7-8-9-11-14(2,3)12-10-13-18(15,16)17/h4-13H2,1-3H3/p+1. The summed E-state index contributed by atoms with van der Waals surface area (Å²) in [6, 6.07) is 0. The lowest BCUT2D eigenvalue weighted by molar-refractivity contribution is -0.890. The summed E-state index contributed by atoms with van der Waals surface area (Å²) in [7, 11) is 0.450. The van der Waals surface area contributed by atoms with E-state index < -0.39 is 10.1 Å². The van der Waals surface area contributed by atoms with Crippen LogP contribution in [0.5, 0.6) is 0 Å². The lowest BCUT2D eigenvalue weighted by atomic mass is 10.1. The Morgan fingerprint density at radius 2 is 1.39 bits per heavy atom. The minimum absolute atomic E-state index is 0.120. The van der Waals surface area contributed by atoms with Crippen molar-refractivity contribution in [3.63, 3.8) is 0 Å². The summed E-state index contributed by atoms with van der Waals surface area (Å²) in [5.41, 5.74) is 0. The zero-order chi connectivity index (χ0) is 14.1. The molecule has 5 heteroatoms. The van der Waals surface area contributed by atoms with Crippen molar-refractivity contribution < 1.29 is 17.5 Å². The predicted molar refractivity (Wildman–Crippen MR) is 76.3 cm³/mol. The highest BCUT2D eigenvalue weighted by molar-refractivity contribution is 7.85. The van der Waals surface area contributed by atoms with Gasteiger partial charge in [-0.25, -0.2) is 0 Å². The molecule has 0 unspecified atom stereocenters. The lowest BCUT2D eigenvalue weighted by Gasteiger charge is -2.29. The second kappa shape index (κ2) is 8.88. The van der Waals surface area contributed by atoms with Crippen LogP contribution in [0.15, 0.2) is 0 Å². The molecule has 0 rings (SSSR count). The molecule has 0 atom stereocenters. The fraction of sp³-hybridized carbons (Fsp3) is 1.00. The number of hydrogen-bond acceptors (Lipinski definition) is 2. The molecule has 1 N–H and O–H groups in total. The Morgan fingerprint density at radius 3 is 1.94 bits per heavy atom. The molecule has 0 aliphatic rings. The number of rotatable bonds is 11. The van der Waals surface area contributed by atoms with Crippen LogP contribution in [0.2, 0.25) is 0 Å². The number of hydrogen-bond donors (Lipinski definition) is 1. The van der Waals surface area contributed by atoms with E-state index in [2.05, 4.69) is 21.0 Å². The van der Waals surface area contributed by atoms with Gasteiger partial charge in [-0.05, 0) is 12.8 Å². The van der Waals surface area contributed by atoms with Crippen LogP contribution >= 0.6 is 0 Å². The van der Waals surface area contributed by atoms with Crippen LogP contribution in [0.4, 0.5) is 0 Å². The molecular formula is C13H30NO3S+. The van der Waals surface area contributed by atoms with E-state index in [-0.39, 0.29) is 5.75 Å². The Kier molecular flexibility index (Phi) is 8.82. The van der Waals surface area contributed by atoms with E-state index in [0.29, 0.717) is 6.42 Å². The molecule has 4 nitrogen and oxygen atoms in total. The Morgan fingerprint density at radius 1 is 0.889 bits per heavy atom. The molecule has 0 aromatic heterocycles. The molecule has 0 aliphatic heterocycles. The topological polar surface area (TPSA) is 54.4 Å². The Bertz CT molecular complexity index is 299. The van der Waals surface area contributed by atoms with Gasteiger partial charge in [-0.2, -0.15) is 8.42 Å². The molecule has 0 aromatic carbocycles. The van der Waals surface area contributed by atoms with Crippen LogP contribution in [0.1, 0.15) is 51.9 Å². The van der Waals surface area contributed by atoms with Crippen molar-refractivity contribution >= 4 is 10.1 Å². The molecule has 0 heterocycles. The molecule has 0 spiro atoms. The van der Waals surface area contributed by atoms with Crippen LogP contribution in [-0.4, -0.2) is 50.4 Å². The highest BCUT2D eigenvalue weighted by Crippen LogP contribution is 2.09. The number of nitrogens with zero attached hydrogens (tertiary/aromatic N) is 1. The van der Waals surface area contributed by atoms with E-state index in [9.17, 15) is 8.42 Å². The van der Waals surface area contributed by atoms with E-state index in [0.717, 1.165) is 17.6 Å². The predicted octanol–water partition coefficient (Wildman–Crippen LogP) is 2.70. The second-order valence-electron chi connectivity index (χ2n) is 5.79. The molecule has 0 bridgehead atoms. The number of unbranched alkanes of at least 4 members (excludes halogenated alkanes) is 5. The van der Waals surface area contributed by atoms with Crippen molar-refractivity contribution in [2.45, 2.75) is 51.9 Å². The molecule has 0 radical (unpaired) electrons. The largest absolute Gasteiger partial charge is 0.328 e. The summed E-state index contributed by atoms with van der Waals surface area (Å²) in [6.45, 7) is 4.10. The molecule has 0 fully saturated rings. The minimum atomic E-state index is -3.79. The second-order valence-corrected chi connectivity index (χ2v) is 7.36. The molecule has 0 aliphatic carbocycles. The molecule has 0 aromatic rings. The van der Waals surface area contributed by atoms with Crippen molar-refractivity contribution in [1.82, 2.24) is 0 Å². The zero-order valence-corrected chi connectivity index (χ0v) is 13.0. The maximum atomic E-state index is 10.6. The quantitative estimate of drug-likeness (QED) is 0.360. The first-order valence-electron chi connectivity index (χ1n) is 7.04. The van der Waals surface area contributed by atoms with Gasteiger partial charge >= 0.3 is 0 Å². The van der Waals surface area contributed by atoms with Gasteiger partial charge in [0.05, 0.1) is 32.9 Å². The fourth-order valence-electron chi connectivity index (χ4n) is 2.11. The number of quaternary nitrogens is 1. The van der Waals surface area contributed by atoms with Gasteiger partial charge < -0.3 is 4.48 Å². The summed E-state index contributed by atoms with van der Waals surface area (Å²) >= 11 is 0. The van der Waals surface area contributed by atoms with Gasteiger partial charge in [0.2, 0.25) is 0 Å². The van der Waals surface area contributed by atoms with Gasteiger partial charge in [0.25, 0.3) is 10.1 Å². The van der Waals surface area contributed by atoms with Crippen molar-refractivity contribution in [2.75, 3.05) is 32.9 Å². The molecule has 18 heavy (non-hydrogen) atoms. The lowest BCUT2D eigenvalue weighted by Crippen LogP contribution is -2.41.